The first kappa shape index (κ1) is 14.8. The van der Waals surface area contributed by atoms with Crippen molar-refractivity contribution in [2.75, 3.05) is 0 Å². The lowest BCUT2D eigenvalue weighted by Gasteiger charge is -2.13. The van der Waals surface area contributed by atoms with Gasteiger partial charge in [0.15, 0.2) is 5.78 Å². The molecule has 0 aromatic heterocycles. The Morgan fingerprint density at radius 1 is 0.800 bits per heavy atom. The van der Waals surface area contributed by atoms with Crippen LogP contribution in [0.1, 0.15) is 43.7 Å². The number of ketones is 1. The third kappa shape index (κ3) is 2.64. The molecule has 0 spiro atoms. The van der Waals surface area contributed by atoms with Gasteiger partial charge in [-0.15, -0.1) is 0 Å². The van der Waals surface area contributed by atoms with Gasteiger partial charge in [-0.3, -0.25) is 4.79 Å². The molecule has 0 atom stereocenters. The van der Waals surface area contributed by atoms with Gasteiger partial charge in [0.25, 0.3) is 0 Å². The molecule has 0 aliphatic rings. The highest BCUT2D eigenvalue weighted by molar-refractivity contribution is 6.31. The maximum absolute atomic E-state index is 12.8. The van der Waals surface area contributed by atoms with Crippen LogP contribution >= 0.6 is 11.6 Å². The molecule has 0 unspecified atom stereocenters. The van der Waals surface area contributed by atoms with Crippen molar-refractivity contribution in [2.24, 2.45) is 0 Å². The minimum atomic E-state index is 0.0808. The molecule has 0 radical (unpaired) electrons. The van der Waals surface area contributed by atoms with Crippen LogP contribution in [0.4, 0.5) is 0 Å². The van der Waals surface area contributed by atoms with E-state index in [1.165, 1.54) is 5.56 Å². The first-order chi connectivity index (χ1) is 9.31. The van der Waals surface area contributed by atoms with Crippen molar-refractivity contribution in [1.29, 1.82) is 0 Å². The molecular formula is C18H19ClO. The SMILES string of the molecule is Cc1cc(C)c(C(=O)c2cc(C)c(Cl)cc2C)c(C)c1. The summed E-state index contributed by atoms with van der Waals surface area (Å²) >= 11 is 6.11. The maximum Gasteiger partial charge on any atom is 0.193 e. The first-order valence-electron chi connectivity index (χ1n) is 6.70. The molecular weight excluding hydrogens is 268 g/mol. The summed E-state index contributed by atoms with van der Waals surface area (Å²) in [4.78, 5) is 12.8. The molecule has 0 N–H and O–H groups in total. The van der Waals surface area contributed by atoms with Crippen LogP contribution < -0.4 is 0 Å². The summed E-state index contributed by atoms with van der Waals surface area (Å²) in [6.07, 6.45) is 0. The van der Waals surface area contributed by atoms with Gasteiger partial charge >= 0.3 is 0 Å². The van der Waals surface area contributed by atoms with E-state index in [-0.39, 0.29) is 5.78 Å². The molecule has 0 bridgehead atoms. The normalized spacial score (nSPS) is 10.7. The second-order valence-corrected chi connectivity index (χ2v) is 5.93. The van der Waals surface area contributed by atoms with Crippen molar-refractivity contribution < 1.29 is 4.79 Å². The average Bonchev–Trinajstić information content (AvgIpc) is 2.32. The molecule has 0 saturated heterocycles. The number of hydrogen-bond acceptors (Lipinski definition) is 1. The molecule has 0 amide bonds. The Morgan fingerprint density at radius 2 is 1.35 bits per heavy atom. The summed E-state index contributed by atoms with van der Waals surface area (Å²) in [5.41, 5.74) is 6.63. The Labute approximate surface area is 125 Å². The molecule has 2 heteroatoms. The lowest BCUT2D eigenvalue weighted by molar-refractivity contribution is 0.103. The van der Waals surface area contributed by atoms with Gasteiger partial charge in [-0.25, -0.2) is 0 Å². The fourth-order valence-corrected chi connectivity index (χ4v) is 2.92. The van der Waals surface area contributed by atoms with Crippen molar-refractivity contribution in [1.82, 2.24) is 0 Å². The smallest absolute Gasteiger partial charge is 0.193 e. The predicted octanol–water partition coefficient (Wildman–Crippen LogP) is 5.11. The van der Waals surface area contributed by atoms with Crippen molar-refractivity contribution in [3.05, 3.63) is 68.2 Å². The van der Waals surface area contributed by atoms with E-state index in [2.05, 4.69) is 12.1 Å². The standard InChI is InChI=1S/C18H19ClO/c1-10-6-13(4)17(14(5)7-10)18(20)15-8-12(3)16(19)9-11(15)2/h6-9H,1-5H3. The molecule has 0 aliphatic carbocycles. The Kier molecular flexibility index (Phi) is 4.01. The summed E-state index contributed by atoms with van der Waals surface area (Å²) in [7, 11) is 0. The highest BCUT2D eigenvalue weighted by Crippen LogP contribution is 2.25. The molecule has 2 aromatic rings. The van der Waals surface area contributed by atoms with E-state index in [1.807, 2.05) is 46.8 Å². The van der Waals surface area contributed by atoms with Gasteiger partial charge in [0.05, 0.1) is 0 Å². The van der Waals surface area contributed by atoms with Gasteiger partial charge in [0, 0.05) is 16.1 Å². The lowest BCUT2D eigenvalue weighted by atomic mass is 9.91. The Bertz CT molecular complexity index is 676. The molecule has 0 heterocycles. The Hall–Kier alpha value is -1.60. The minimum Gasteiger partial charge on any atom is -0.289 e. The van der Waals surface area contributed by atoms with Crippen LogP contribution in [0.3, 0.4) is 0 Å². The van der Waals surface area contributed by atoms with Crippen molar-refractivity contribution in [3.63, 3.8) is 0 Å². The molecule has 20 heavy (non-hydrogen) atoms. The van der Waals surface area contributed by atoms with Crippen LogP contribution in [0.25, 0.3) is 0 Å². The highest BCUT2D eigenvalue weighted by Gasteiger charge is 2.17. The Morgan fingerprint density at radius 3 is 1.90 bits per heavy atom. The van der Waals surface area contributed by atoms with E-state index in [4.69, 9.17) is 11.6 Å². The number of halogens is 1. The summed E-state index contributed by atoms with van der Waals surface area (Å²) in [6.45, 7) is 9.88. The predicted molar refractivity (Wildman–Crippen MR) is 85.0 cm³/mol. The monoisotopic (exact) mass is 286 g/mol. The second-order valence-electron chi connectivity index (χ2n) is 5.52. The number of hydrogen-bond donors (Lipinski definition) is 0. The van der Waals surface area contributed by atoms with Crippen molar-refractivity contribution >= 4 is 17.4 Å². The van der Waals surface area contributed by atoms with Gasteiger partial charge in [-0.1, -0.05) is 29.3 Å². The third-order valence-corrected chi connectivity index (χ3v) is 4.06. The molecule has 1 nitrogen and oxygen atoms in total. The fraction of sp³-hybridized carbons (Fsp3) is 0.278. The van der Waals surface area contributed by atoms with E-state index in [1.54, 1.807) is 0 Å². The van der Waals surface area contributed by atoms with E-state index >= 15 is 0 Å². The lowest BCUT2D eigenvalue weighted by Crippen LogP contribution is -2.09. The number of carbonyl (C=O) groups is 1. The first-order valence-corrected chi connectivity index (χ1v) is 7.08. The van der Waals surface area contributed by atoms with E-state index in [0.717, 1.165) is 33.4 Å². The number of aryl methyl sites for hydroxylation is 5. The quantitative estimate of drug-likeness (QED) is 0.701. The minimum absolute atomic E-state index is 0.0808. The van der Waals surface area contributed by atoms with Gasteiger partial charge in [0.2, 0.25) is 0 Å². The van der Waals surface area contributed by atoms with Crippen LogP contribution in [-0.4, -0.2) is 5.78 Å². The average molecular weight is 287 g/mol. The summed E-state index contributed by atoms with van der Waals surface area (Å²) in [5, 5.41) is 0.705. The van der Waals surface area contributed by atoms with Crippen LogP contribution in [0.15, 0.2) is 24.3 Å². The zero-order valence-corrected chi connectivity index (χ0v) is 13.4. The molecule has 0 fully saturated rings. The van der Waals surface area contributed by atoms with Crippen molar-refractivity contribution in [3.8, 4) is 0 Å². The van der Waals surface area contributed by atoms with Crippen LogP contribution in [0.5, 0.6) is 0 Å². The van der Waals surface area contributed by atoms with Gasteiger partial charge in [0.1, 0.15) is 0 Å². The van der Waals surface area contributed by atoms with Crippen LogP contribution in [-0.2, 0) is 0 Å². The molecule has 0 saturated carbocycles. The highest BCUT2D eigenvalue weighted by atomic mass is 35.5. The van der Waals surface area contributed by atoms with Gasteiger partial charge in [-0.05, 0) is 69.0 Å². The largest absolute Gasteiger partial charge is 0.289 e. The number of carbonyl (C=O) groups excluding carboxylic acids is 1. The van der Waals surface area contributed by atoms with E-state index in [9.17, 15) is 4.79 Å². The molecule has 104 valence electrons. The van der Waals surface area contributed by atoms with E-state index in [0.29, 0.717) is 5.02 Å². The van der Waals surface area contributed by atoms with E-state index < -0.39 is 0 Å². The topological polar surface area (TPSA) is 17.1 Å². The van der Waals surface area contributed by atoms with Crippen LogP contribution in [0.2, 0.25) is 5.02 Å². The Balaban J connectivity index is 2.61. The molecule has 2 rings (SSSR count). The number of rotatable bonds is 2. The summed E-state index contributed by atoms with van der Waals surface area (Å²) in [5.74, 6) is 0.0808. The van der Waals surface area contributed by atoms with Gasteiger partial charge < -0.3 is 0 Å². The zero-order chi connectivity index (χ0) is 15.0. The van der Waals surface area contributed by atoms with Crippen molar-refractivity contribution in [2.45, 2.75) is 34.6 Å². The molecule has 0 aliphatic heterocycles. The fourth-order valence-electron chi connectivity index (χ4n) is 2.70. The zero-order valence-electron chi connectivity index (χ0n) is 12.6. The third-order valence-electron chi connectivity index (χ3n) is 3.65. The van der Waals surface area contributed by atoms with Gasteiger partial charge in [-0.2, -0.15) is 0 Å². The molecule has 2 aromatic carbocycles. The van der Waals surface area contributed by atoms with Crippen LogP contribution in [0, 0.1) is 34.6 Å². The second kappa shape index (κ2) is 5.41. The summed E-state index contributed by atoms with van der Waals surface area (Å²) in [6, 6.07) is 7.86. The maximum atomic E-state index is 12.8. The number of benzene rings is 2. The summed E-state index contributed by atoms with van der Waals surface area (Å²) < 4.78 is 0.